The van der Waals surface area contributed by atoms with Crippen LogP contribution in [0.25, 0.3) is 0 Å². The molecule has 0 fully saturated rings. The summed E-state index contributed by atoms with van der Waals surface area (Å²) in [5, 5.41) is 21.7. The zero-order valence-electron chi connectivity index (χ0n) is 11.4. The highest BCUT2D eigenvalue weighted by molar-refractivity contribution is 7.15. The number of carboxylic acids is 1. The summed E-state index contributed by atoms with van der Waals surface area (Å²) in [6, 6.07) is -0.578. The Balaban J connectivity index is 2.69. The van der Waals surface area contributed by atoms with Crippen molar-refractivity contribution in [3.63, 3.8) is 0 Å². The fourth-order valence-electron chi connectivity index (χ4n) is 1.40. The molecule has 0 saturated carbocycles. The van der Waals surface area contributed by atoms with E-state index in [1.165, 1.54) is 11.3 Å². The van der Waals surface area contributed by atoms with E-state index < -0.39 is 12.0 Å². The van der Waals surface area contributed by atoms with Gasteiger partial charge < -0.3 is 10.4 Å². The Morgan fingerprint density at radius 3 is 2.56 bits per heavy atom. The zero-order valence-corrected chi connectivity index (χ0v) is 12.2. The van der Waals surface area contributed by atoms with Gasteiger partial charge in [0.2, 0.25) is 5.13 Å². The molecule has 18 heavy (non-hydrogen) atoms. The number of hydrogen-bond acceptors (Lipinski definition) is 5. The first-order chi connectivity index (χ1) is 8.34. The summed E-state index contributed by atoms with van der Waals surface area (Å²) in [7, 11) is 0. The average molecular weight is 271 g/mol. The fraction of sp³-hybridized carbons (Fsp3) is 0.750. The van der Waals surface area contributed by atoms with Gasteiger partial charge in [-0.2, -0.15) is 0 Å². The molecule has 102 valence electrons. The lowest BCUT2D eigenvalue weighted by Crippen LogP contribution is -2.29. The van der Waals surface area contributed by atoms with Gasteiger partial charge in [-0.3, -0.25) is 0 Å². The number of carbonyl (C=O) groups is 1. The monoisotopic (exact) mass is 271 g/mol. The van der Waals surface area contributed by atoms with Crippen LogP contribution in [0.1, 0.15) is 52.0 Å². The van der Waals surface area contributed by atoms with Crippen molar-refractivity contribution in [2.24, 2.45) is 0 Å². The summed E-state index contributed by atoms with van der Waals surface area (Å²) in [6.07, 6.45) is 2.47. The number of aromatic nitrogens is 2. The summed E-state index contributed by atoms with van der Waals surface area (Å²) in [5.41, 5.74) is -0.0558. The lowest BCUT2D eigenvalue weighted by atomic mass is 9.98. The van der Waals surface area contributed by atoms with Crippen molar-refractivity contribution in [3.8, 4) is 0 Å². The molecular formula is C12H21N3O2S. The van der Waals surface area contributed by atoms with Gasteiger partial charge in [0.1, 0.15) is 11.0 Å². The van der Waals surface area contributed by atoms with Crippen LogP contribution in [0.3, 0.4) is 0 Å². The van der Waals surface area contributed by atoms with Gasteiger partial charge in [0.05, 0.1) is 0 Å². The molecule has 0 aliphatic heterocycles. The first kappa shape index (κ1) is 14.9. The Labute approximate surface area is 112 Å². The molecule has 0 aliphatic carbocycles. The fourth-order valence-corrected chi connectivity index (χ4v) is 2.25. The SMILES string of the molecule is CCCC[C@H](Nc1nnc(C(C)(C)C)s1)C(=O)O. The van der Waals surface area contributed by atoms with Crippen LogP contribution in [0.4, 0.5) is 5.13 Å². The maximum Gasteiger partial charge on any atom is 0.326 e. The maximum atomic E-state index is 11.1. The van der Waals surface area contributed by atoms with Crippen LogP contribution in [0, 0.1) is 0 Å². The number of hydrogen-bond donors (Lipinski definition) is 2. The van der Waals surface area contributed by atoms with Crippen LogP contribution in [0.5, 0.6) is 0 Å². The van der Waals surface area contributed by atoms with Gasteiger partial charge in [0.25, 0.3) is 0 Å². The molecule has 0 saturated heterocycles. The number of aliphatic carboxylic acids is 1. The second-order valence-corrected chi connectivity index (χ2v) is 6.32. The highest BCUT2D eigenvalue weighted by Gasteiger charge is 2.22. The molecule has 0 bridgehead atoms. The van der Waals surface area contributed by atoms with Gasteiger partial charge >= 0.3 is 5.97 Å². The minimum Gasteiger partial charge on any atom is -0.480 e. The molecule has 5 nitrogen and oxygen atoms in total. The van der Waals surface area contributed by atoms with Crippen LogP contribution in [-0.2, 0) is 10.2 Å². The van der Waals surface area contributed by atoms with Crippen LogP contribution in [0.15, 0.2) is 0 Å². The number of carboxylic acid groups (broad SMARTS) is 1. The van der Waals surface area contributed by atoms with Gasteiger partial charge in [0, 0.05) is 5.41 Å². The standard InChI is InChI=1S/C12H21N3O2S/c1-5-6-7-8(9(16)17)13-11-15-14-10(18-11)12(2,3)4/h8H,5-7H2,1-4H3,(H,13,15)(H,16,17)/t8-/m0/s1. The summed E-state index contributed by atoms with van der Waals surface area (Å²) < 4.78 is 0. The van der Waals surface area contributed by atoms with E-state index >= 15 is 0 Å². The lowest BCUT2D eigenvalue weighted by molar-refractivity contribution is -0.138. The van der Waals surface area contributed by atoms with Gasteiger partial charge in [-0.05, 0) is 6.42 Å². The highest BCUT2D eigenvalue weighted by Crippen LogP contribution is 2.28. The van der Waals surface area contributed by atoms with Crippen molar-refractivity contribution in [1.29, 1.82) is 0 Å². The Hall–Kier alpha value is -1.17. The summed E-state index contributed by atoms with van der Waals surface area (Å²) in [6.45, 7) is 8.22. The van der Waals surface area contributed by atoms with E-state index in [2.05, 4.69) is 36.3 Å². The van der Waals surface area contributed by atoms with Crippen molar-refractivity contribution in [2.45, 2.75) is 58.4 Å². The van der Waals surface area contributed by atoms with Gasteiger partial charge in [-0.1, -0.05) is 51.9 Å². The number of anilines is 1. The summed E-state index contributed by atoms with van der Waals surface area (Å²) in [5.74, 6) is -0.837. The Bertz CT molecular complexity index is 398. The molecule has 1 heterocycles. The molecule has 0 aromatic carbocycles. The molecule has 1 aromatic heterocycles. The Kier molecular flexibility index (Phi) is 5.07. The third-order valence-electron chi connectivity index (χ3n) is 2.51. The first-order valence-electron chi connectivity index (χ1n) is 6.18. The molecule has 1 atom stereocenters. The van der Waals surface area contributed by atoms with E-state index in [-0.39, 0.29) is 5.41 Å². The summed E-state index contributed by atoms with van der Waals surface area (Å²) in [4.78, 5) is 11.1. The predicted octanol–water partition coefficient (Wildman–Crippen LogP) is 2.89. The van der Waals surface area contributed by atoms with Crippen LogP contribution in [0.2, 0.25) is 0 Å². The molecule has 1 aromatic rings. The molecule has 0 unspecified atom stereocenters. The molecule has 0 amide bonds. The van der Waals surface area contributed by atoms with E-state index in [1.54, 1.807) is 0 Å². The third kappa shape index (κ3) is 4.25. The minimum atomic E-state index is -0.837. The van der Waals surface area contributed by atoms with Crippen molar-refractivity contribution in [1.82, 2.24) is 10.2 Å². The second kappa shape index (κ2) is 6.13. The number of rotatable bonds is 6. The normalized spacial score (nSPS) is 13.3. The molecule has 0 spiro atoms. The minimum absolute atomic E-state index is 0.0558. The number of unbranched alkanes of at least 4 members (excludes halogenated alkanes) is 1. The van der Waals surface area contributed by atoms with Crippen molar-refractivity contribution < 1.29 is 9.90 Å². The summed E-state index contributed by atoms with van der Waals surface area (Å²) >= 11 is 1.42. The van der Waals surface area contributed by atoms with Gasteiger partial charge in [-0.25, -0.2) is 4.79 Å². The molecule has 1 rings (SSSR count). The second-order valence-electron chi connectivity index (χ2n) is 5.34. The number of nitrogens with one attached hydrogen (secondary N) is 1. The molecule has 0 radical (unpaired) electrons. The molecular weight excluding hydrogens is 250 g/mol. The molecule has 2 N–H and O–H groups in total. The van der Waals surface area contributed by atoms with E-state index in [0.717, 1.165) is 17.8 Å². The maximum absolute atomic E-state index is 11.1. The highest BCUT2D eigenvalue weighted by atomic mass is 32.1. The molecule has 0 aliphatic rings. The van der Waals surface area contributed by atoms with Crippen molar-refractivity contribution in [2.75, 3.05) is 5.32 Å². The first-order valence-corrected chi connectivity index (χ1v) is 6.99. The van der Waals surface area contributed by atoms with Gasteiger partial charge in [0.15, 0.2) is 0 Å². The van der Waals surface area contributed by atoms with Crippen LogP contribution >= 0.6 is 11.3 Å². The Morgan fingerprint density at radius 1 is 1.44 bits per heavy atom. The number of nitrogens with zero attached hydrogens (tertiary/aromatic N) is 2. The van der Waals surface area contributed by atoms with Gasteiger partial charge in [-0.15, -0.1) is 10.2 Å². The topological polar surface area (TPSA) is 75.1 Å². The van der Waals surface area contributed by atoms with Crippen molar-refractivity contribution in [3.05, 3.63) is 5.01 Å². The van der Waals surface area contributed by atoms with E-state index in [4.69, 9.17) is 5.11 Å². The van der Waals surface area contributed by atoms with Crippen LogP contribution in [-0.4, -0.2) is 27.3 Å². The predicted molar refractivity (Wildman–Crippen MR) is 73.2 cm³/mol. The smallest absolute Gasteiger partial charge is 0.326 e. The largest absolute Gasteiger partial charge is 0.480 e. The van der Waals surface area contributed by atoms with Crippen LogP contribution < -0.4 is 5.32 Å². The Morgan fingerprint density at radius 2 is 2.11 bits per heavy atom. The van der Waals surface area contributed by atoms with E-state index in [1.807, 2.05) is 6.92 Å². The zero-order chi connectivity index (χ0) is 13.8. The van der Waals surface area contributed by atoms with E-state index in [0.29, 0.717) is 11.6 Å². The average Bonchev–Trinajstić information content (AvgIpc) is 2.71. The van der Waals surface area contributed by atoms with Crippen molar-refractivity contribution >= 4 is 22.4 Å². The third-order valence-corrected chi connectivity index (χ3v) is 3.79. The lowest BCUT2D eigenvalue weighted by Gasteiger charge is -2.13. The quantitative estimate of drug-likeness (QED) is 0.832. The molecule has 6 heteroatoms. The van der Waals surface area contributed by atoms with E-state index in [9.17, 15) is 4.79 Å².